The Labute approximate surface area is 194 Å². The third-order valence-corrected chi connectivity index (χ3v) is 6.15. The average molecular weight is 445 g/mol. The lowest BCUT2D eigenvalue weighted by Gasteiger charge is -2.33. The second-order valence-electron chi connectivity index (χ2n) is 8.40. The van der Waals surface area contributed by atoms with Crippen molar-refractivity contribution in [3.05, 3.63) is 59.2 Å². The van der Waals surface area contributed by atoms with Gasteiger partial charge in [-0.1, -0.05) is 44.2 Å². The van der Waals surface area contributed by atoms with E-state index in [-0.39, 0.29) is 18.3 Å². The Kier molecular flexibility index (Phi) is 10.9. The van der Waals surface area contributed by atoms with Crippen LogP contribution in [0.25, 0.3) is 0 Å². The van der Waals surface area contributed by atoms with E-state index in [1.54, 1.807) is 14.2 Å². The van der Waals surface area contributed by atoms with Gasteiger partial charge in [0.15, 0.2) is 11.5 Å². The minimum atomic E-state index is -0.435. The summed E-state index contributed by atoms with van der Waals surface area (Å²) in [5.41, 5.74) is 3.17. The van der Waals surface area contributed by atoms with Crippen LogP contribution in [0.3, 0.4) is 0 Å². The molecule has 0 bridgehead atoms. The first-order valence-corrected chi connectivity index (χ1v) is 10.7. The molecule has 0 aliphatic heterocycles. The number of hydrogen-bond acceptors (Lipinski definition) is 4. The van der Waals surface area contributed by atoms with Gasteiger partial charge in [-0.05, 0) is 74.5 Å². The van der Waals surface area contributed by atoms with Crippen LogP contribution in [0, 0.1) is 24.2 Å². The lowest BCUT2D eigenvalue weighted by atomic mass is 9.68. The lowest BCUT2D eigenvalue weighted by Crippen LogP contribution is -2.33. The molecule has 0 spiro atoms. The predicted octanol–water partition coefficient (Wildman–Crippen LogP) is 5.81. The number of aryl methyl sites for hydroxylation is 1. The summed E-state index contributed by atoms with van der Waals surface area (Å²) >= 11 is 0. The third-order valence-electron chi connectivity index (χ3n) is 6.15. The fourth-order valence-electron chi connectivity index (χ4n) is 4.15. The number of hydrogen-bond donors (Lipinski definition) is 0. The predicted molar refractivity (Wildman–Crippen MR) is 131 cm³/mol. The van der Waals surface area contributed by atoms with Crippen LogP contribution in [0.2, 0.25) is 0 Å². The Balaban J connectivity index is 0.00000480. The molecular formula is C26H37ClN2O2. The first-order valence-electron chi connectivity index (χ1n) is 10.7. The quantitative estimate of drug-likeness (QED) is 0.439. The van der Waals surface area contributed by atoms with Crippen molar-refractivity contribution in [3.63, 3.8) is 0 Å². The van der Waals surface area contributed by atoms with E-state index in [1.807, 2.05) is 24.3 Å². The van der Waals surface area contributed by atoms with Crippen LogP contribution in [-0.2, 0) is 11.8 Å². The van der Waals surface area contributed by atoms with Crippen molar-refractivity contribution < 1.29 is 9.47 Å². The van der Waals surface area contributed by atoms with Gasteiger partial charge in [0.05, 0.1) is 25.7 Å². The van der Waals surface area contributed by atoms with Gasteiger partial charge < -0.3 is 14.4 Å². The van der Waals surface area contributed by atoms with Crippen LogP contribution in [0.1, 0.15) is 43.4 Å². The SMILES string of the molecule is COc1ccc(CCN(C)CCCC(C#N)(c2ccccc2C)C(C)C)cc1OC.Cl. The molecule has 0 amide bonds. The van der Waals surface area contributed by atoms with E-state index in [4.69, 9.17) is 9.47 Å². The van der Waals surface area contributed by atoms with Gasteiger partial charge in [-0.15, -0.1) is 12.4 Å². The van der Waals surface area contributed by atoms with Gasteiger partial charge in [0, 0.05) is 6.54 Å². The number of nitriles is 1. The van der Waals surface area contributed by atoms with E-state index in [0.29, 0.717) is 0 Å². The summed E-state index contributed by atoms with van der Waals surface area (Å²) in [7, 11) is 5.47. The van der Waals surface area contributed by atoms with Crippen molar-refractivity contribution in [2.75, 3.05) is 34.4 Å². The molecule has 170 valence electrons. The van der Waals surface area contributed by atoms with Crippen LogP contribution < -0.4 is 9.47 Å². The summed E-state index contributed by atoms with van der Waals surface area (Å²) in [5.74, 6) is 1.79. The number of halogens is 1. The van der Waals surface area contributed by atoms with Gasteiger partial charge in [0.1, 0.15) is 0 Å². The fraction of sp³-hybridized carbons (Fsp3) is 0.500. The number of methoxy groups -OCH3 is 2. The molecule has 2 aromatic rings. The molecule has 2 aromatic carbocycles. The molecule has 2 rings (SSSR count). The molecule has 1 atom stereocenters. The lowest BCUT2D eigenvalue weighted by molar-refractivity contribution is 0.293. The standard InChI is InChI=1S/C26H36N2O2.ClH/c1-20(2)26(19-27,23-11-8-7-10-21(23)3)15-9-16-28(4)17-14-22-12-13-24(29-5)25(18-22)30-6;/h7-8,10-13,18,20H,9,14-17H2,1-6H3;1H. The monoisotopic (exact) mass is 444 g/mol. The second kappa shape index (κ2) is 12.6. The van der Waals surface area contributed by atoms with Gasteiger partial charge in [0.25, 0.3) is 0 Å². The molecule has 0 heterocycles. The van der Waals surface area contributed by atoms with Crippen LogP contribution >= 0.6 is 12.4 Å². The molecule has 4 nitrogen and oxygen atoms in total. The van der Waals surface area contributed by atoms with Crippen molar-refractivity contribution in [2.24, 2.45) is 5.92 Å². The number of likely N-dealkylation sites (N-methyl/N-ethyl adjacent to an activating group) is 1. The Bertz CT molecular complexity index is 863. The Morgan fingerprint density at radius 3 is 2.29 bits per heavy atom. The maximum Gasteiger partial charge on any atom is 0.160 e. The second-order valence-corrected chi connectivity index (χ2v) is 8.40. The Hall–Kier alpha value is -2.22. The van der Waals surface area contributed by atoms with E-state index < -0.39 is 5.41 Å². The zero-order chi connectivity index (χ0) is 22.1. The summed E-state index contributed by atoms with van der Waals surface area (Å²) in [5, 5.41) is 10.1. The van der Waals surface area contributed by atoms with Crippen molar-refractivity contribution >= 4 is 12.4 Å². The van der Waals surface area contributed by atoms with Crippen LogP contribution in [0.15, 0.2) is 42.5 Å². The van der Waals surface area contributed by atoms with Crippen molar-refractivity contribution in [3.8, 4) is 17.6 Å². The first-order chi connectivity index (χ1) is 14.4. The van der Waals surface area contributed by atoms with Crippen LogP contribution in [0.5, 0.6) is 11.5 Å². The van der Waals surface area contributed by atoms with Gasteiger partial charge in [0.2, 0.25) is 0 Å². The minimum Gasteiger partial charge on any atom is -0.493 e. The highest BCUT2D eigenvalue weighted by molar-refractivity contribution is 5.85. The normalized spacial score (nSPS) is 12.7. The van der Waals surface area contributed by atoms with Gasteiger partial charge >= 0.3 is 0 Å². The summed E-state index contributed by atoms with van der Waals surface area (Å²) < 4.78 is 10.7. The molecule has 1 unspecified atom stereocenters. The van der Waals surface area contributed by atoms with E-state index in [0.717, 1.165) is 43.9 Å². The molecule has 0 aliphatic carbocycles. The zero-order valence-electron chi connectivity index (χ0n) is 19.8. The van der Waals surface area contributed by atoms with Gasteiger partial charge in [-0.2, -0.15) is 5.26 Å². The zero-order valence-corrected chi connectivity index (χ0v) is 20.6. The summed E-state index contributed by atoms with van der Waals surface area (Å²) in [6, 6.07) is 17.1. The fourth-order valence-corrected chi connectivity index (χ4v) is 4.15. The molecule has 0 fully saturated rings. The number of benzene rings is 2. The van der Waals surface area contributed by atoms with Crippen LogP contribution in [0.4, 0.5) is 0 Å². The number of rotatable bonds is 11. The van der Waals surface area contributed by atoms with Gasteiger partial charge in [-0.3, -0.25) is 0 Å². The average Bonchev–Trinajstić information content (AvgIpc) is 2.75. The highest BCUT2D eigenvalue weighted by Gasteiger charge is 2.36. The molecule has 0 saturated heterocycles. The molecule has 0 radical (unpaired) electrons. The highest BCUT2D eigenvalue weighted by atomic mass is 35.5. The molecule has 0 saturated carbocycles. The largest absolute Gasteiger partial charge is 0.493 e. The molecule has 0 aromatic heterocycles. The molecule has 0 aliphatic rings. The third kappa shape index (κ3) is 6.63. The topological polar surface area (TPSA) is 45.5 Å². The first kappa shape index (κ1) is 26.8. The van der Waals surface area contributed by atoms with Crippen LogP contribution in [-0.4, -0.2) is 39.3 Å². The Morgan fingerprint density at radius 1 is 1.03 bits per heavy atom. The van der Waals surface area contributed by atoms with E-state index in [9.17, 15) is 5.26 Å². The van der Waals surface area contributed by atoms with Crippen molar-refractivity contribution in [1.29, 1.82) is 5.26 Å². The van der Waals surface area contributed by atoms with E-state index >= 15 is 0 Å². The van der Waals surface area contributed by atoms with E-state index in [1.165, 1.54) is 16.7 Å². The highest BCUT2D eigenvalue weighted by Crippen LogP contribution is 2.38. The molecule has 5 heteroatoms. The minimum absolute atomic E-state index is 0. The maximum absolute atomic E-state index is 10.1. The summed E-state index contributed by atoms with van der Waals surface area (Å²) in [6.45, 7) is 8.36. The van der Waals surface area contributed by atoms with Crippen molar-refractivity contribution in [1.82, 2.24) is 4.90 Å². The maximum atomic E-state index is 10.1. The molecule has 0 N–H and O–H groups in total. The molecular weight excluding hydrogens is 408 g/mol. The number of ether oxygens (including phenoxy) is 2. The van der Waals surface area contributed by atoms with E-state index in [2.05, 4.69) is 57.0 Å². The Morgan fingerprint density at radius 2 is 1.71 bits per heavy atom. The van der Waals surface area contributed by atoms with Crippen molar-refractivity contribution in [2.45, 2.75) is 45.4 Å². The summed E-state index contributed by atoms with van der Waals surface area (Å²) in [4.78, 5) is 2.34. The summed E-state index contributed by atoms with van der Waals surface area (Å²) in [6.07, 6.45) is 2.80. The smallest absolute Gasteiger partial charge is 0.160 e. The van der Waals surface area contributed by atoms with Gasteiger partial charge in [-0.25, -0.2) is 0 Å². The number of nitrogens with zero attached hydrogens (tertiary/aromatic N) is 2. The molecule has 31 heavy (non-hydrogen) atoms.